The SMILES string of the molecule is CCS(=O)(=O)Nc1cccc(-c2cc(C)c3c(c2)CN(CCC(C)C)C3=O)c1. The number of benzene rings is 2. The Kier molecular flexibility index (Phi) is 5.79. The number of hydrogen-bond acceptors (Lipinski definition) is 3. The van der Waals surface area contributed by atoms with Gasteiger partial charge in [0.2, 0.25) is 10.0 Å². The Morgan fingerprint density at radius 1 is 1.14 bits per heavy atom. The Balaban J connectivity index is 1.90. The summed E-state index contributed by atoms with van der Waals surface area (Å²) < 4.78 is 26.3. The number of amides is 1. The highest BCUT2D eigenvalue weighted by Crippen LogP contribution is 2.32. The van der Waals surface area contributed by atoms with E-state index in [-0.39, 0.29) is 11.7 Å². The van der Waals surface area contributed by atoms with Gasteiger partial charge in [-0.05, 0) is 66.6 Å². The fraction of sp³-hybridized carbons (Fsp3) is 0.409. The molecule has 150 valence electrons. The molecule has 0 saturated heterocycles. The van der Waals surface area contributed by atoms with Crippen LogP contribution in [0.1, 0.15) is 48.7 Å². The number of nitrogens with one attached hydrogen (secondary N) is 1. The minimum Gasteiger partial charge on any atom is -0.334 e. The van der Waals surface area contributed by atoms with E-state index in [2.05, 4.69) is 24.6 Å². The fourth-order valence-electron chi connectivity index (χ4n) is 3.50. The Labute approximate surface area is 167 Å². The van der Waals surface area contributed by atoms with Crippen molar-refractivity contribution >= 4 is 21.6 Å². The first-order chi connectivity index (χ1) is 13.2. The third-order valence-corrected chi connectivity index (χ3v) is 6.41. The normalized spacial score (nSPS) is 13.9. The standard InChI is InChI=1S/C22H28N2O3S/c1-5-28(26,27)23-20-8-6-7-17(13-20)18-11-16(4)21-19(12-18)14-24(22(21)25)10-9-15(2)3/h6-8,11-13,15,23H,5,9-10,14H2,1-4H3. The minimum atomic E-state index is -3.32. The van der Waals surface area contributed by atoms with Crippen LogP contribution in [0.15, 0.2) is 36.4 Å². The van der Waals surface area contributed by atoms with Crippen molar-refractivity contribution in [2.45, 2.75) is 40.7 Å². The van der Waals surface area contributed by atoms with Crippen molar-refractivity contribution in [2.24, 2.45) is 5.92 Å². The monoisotopic (exact) mass is 400 g/mol. The van der Waals surface area contributed by atoms with E-state index in [0.717, 1.165) is 40.8 Å². The van der Waals surface area contributed by atoms with Crippen LogP contribution >= 0.6 is 0 Å². The molecule has 1 heterocycles. The van der Waals surface area contributed by atoms with Gasteiger partial charge >= 0.3 is 0 Å². The van der Waals surface area contributed by atoms with E-state index in [4.69, 9.17) is 0 Å². The molecule has 28 heavy (non-hydrogen) atoms. The van der Waals surface area contributed by atoms with Gasteiger partial charge in [0.25, 0.3) is 5.91 Å². The zero-order valence-electron chi connectivity index (χ0n) is 17.0. The number of carbonyl (C=O) groups is 1. The fourth-order valence-corrected chi connectivity index (χ4v) is 4.13. The maximum Gasteiger partial charge on any atom is 0.254 e. The second kappa shape index (κ2) is 7.95. The molecule has 0 fully saturated rings. The molecule has 0 bridgehead atoms. The Bertz CT molecular complexity index is 997. The van der Waals surface area contributed by atoms with Crippen molar-refractivity contribution in [3.05, 3.63) is 53.1 Å². The van der Waals surface area contributed by atoms with E-state index >= 15 is 0 Å². The second-order valence-corrected chi connectivity index (χ2v) is 9.83. The largest absolute Gasteiger partial charge is 0.334 e. The summed E-state index contributed by atoms with van der Waals surface area (Å²) in [6, 6.07) is 11.4. The third-order valence-electron chi connectivity index (χ3n) is 5.11. The van der Waals surface area contributed by atoms with E-state index in [1.54, 1.807) is 13.0 Å². The van der Waals surface area contributed by atoms with Crippen LogP contribution < -0.4 is 4.72 Å². The molecule has 3 rings (SSSR count). The lowest BCUT2D eigenvalue weighted by molar-refractivity contribution is 0.0771. The molecule has 1 aliphatic heterocycles. The number of rotatable bonds is 7. The van der Waals surface area contributed by atoms with Crippen molar-refractivity contribution in [3.8, 4) is 11.1 Å². The van der Waals surface area contributed by atoms with Crippen LogP contribution in [0.4, 0.5) is 5.69 Å². The molecule has 1 N–H and O–H groups in total. The molecule has 0 atom stereocenters. The molecule has 0 saturated carbocycles. The molecular formula is C22H28N2O3S. The smallest absolute Gasteiger partial charge is 0.254 e. The average Bonchev–Trinajstić information content (AvgIpc) is 2.96. The molecule has 0 radical (unpaired) electrons. The summed E-state index contributed by atoms with van der Waals surface area (Å²) >= 11 is 0. The van der Waals surface area contributed by atoms with E-state index in [1.165, 1.54) is 0 Å². The zero-order valence-corrected chi connectivity index (χ0v) is 17.8. The number of fused-ring (bicyclic) bond motifs is 1. The molecule has 6 heteroatoms. The number of sulfonamides is 1. The van der Waals surface area contributed by atoms with Crippen molar-refractivity contribution in [3.63, 3.8) is 0 Å². The maximum atomic E-state index is 12.8. The zero-order chi connectivity index (χ0) is 20.5. The first kappa shape index (κ1) is 20.4. The summed E-state index contributed by atoms with van der Waals surface area (Å²) in [5, 5.41) is 0. The highest BCUT2D eigenvalue weighted by molar-refractivity contribution is 7.92. The molecule has 0 aromatic heterocycles. The molecular weight excluding hydrogens is 372 g/mol. The molecule has 2 aromatic rings. The molecule has 0 unspecified atom stereocenters. The Morgan fingerprint density at radius 2 is 1.89 bits per heavy atom. The first-order valence-corrected chi connectivity index (χ1v) is 11.4. The highest BCUT2D eigenvalue weighted by Gasteiger charge is 2.29. The van der Waals surface area contributed by atoms with Gasteiger partial charge in [0.15, 0.2) is 0 Å². The molecule has 0 spiro atoms. The van der Waals surface area contributed by atoms with Gasteiger partial charge in [-0.25, -0.2) is 8.42 Å². The van der Waals surface area contributed by atoms with Crippen LogP contribution in [0.3, 0.4) is 0 Å². The Hall–Kier alpha value is -2.34. The first-order valence-electron chi connectivity index (χ1n) is 9.74. The van der Waals surface area contributed by atoms with Gasteiger partial charge in [0.1, 0.15) is 0 Å². The lowest BCUT2D eigenvalue weighted by Gasteiger charge is -2.16. The lowest BCUT2D eigenvalue weighted by atomic mass is 9.96. The second-order valence-electron chi connectivity index (χ2n) is 7.82. The van der Waals surface area contributed by atoms with Crippen molar-refractivity contribution in [1.29, 1.82) is 0 Å². The van der Waals surface area contributed by atoms with Gasteiger partial charge < -0.3 is 4.90 Å². The Morgan fingerprint density at radius 3 is 2.57 bits per heavy atom. The van der Waals surface area contributed by atoms with Gasteiger partial charge in [0.05, 0.1) is 5.75 Å². The van der Waals surface area contributed by atoms with Crippen LogP contribution in [0.2, 0.25) is 0 Å². The van der Waals surface area contributed by atoms with E-state index in [9.17, 15) is 13.2 Å². The van der Waals surface area contributed by atoms with Gasteiger partial charge in [-0.1, -0.05) is 32.0 Å². The summed E-state index contributed by atoms with van der Waals surface area (Å²) in [4.78, 5) is 14.7. The van der Waals surface area contributed by atoms with Gasteiger partial charge in [-0.3, -0.25) is 9.52 Å². The number of hydrogen-bond donors (Lipinski definition) is 1. The van der Waals surface area contributed by atoms with Crippen molar-refractivity contribution in [1.82, 2.24) is 4.90 Å². The van der Waals surface area contributed by atoms with Gasteiger partial charge in [-0.2, -0.15) is 0 Å². The molecule has 0 aliphatic carbocycles. The number of aryl methyl sites for hydroxylation is 1. The summed E-state index contributed by atoms with van der Waals surface area (Å²) in [5.41, 5.74) is 5.29. The predicted molar refractivity (Wildman–Crippen MR) is 114 cm³/mol. The lowest BCUT2D eigenvalue weighted by Crippen LogP contribution is -2.26. The van der Waals surface area contributed by atoms with Crippen molar-refractivity contribution < 1.29 is 13.2 Å². The van der Waals surface area contributed by atoms with Crippen molar-refractivity contribution in [2.75, 3.05) is 17.0 Å². The molecule has 1 amide bonds. The third kappa shape index (κ3) is 4.38. The minimum absolute atomic E-state index is 0.0313. The number of nitrogens with zero attached hydrogens (tertiary/aromatic N) is 1. The topological polar surface area (TPSA) is 66.5 Å². The van der Waals surface area contributed by atoms with E-state index in [0.29, 0.717) is 18.2 Å². The molecule has 1 aliphatic rings. The van der Waals surface area contributed by atoms with Gasteiger partial charge in [0, 0.05) is 24.3 Å². The van der Waals surface area contributed by atoms with Crippen LogP contribution in [-0.4, -0.2) is 31.5 Å². The summed E-state index contributed by atoms with van der Waals surface area (Å²) in [6.07, 6.45) is 0.991. The van der Waals surface area contributed by atoms with E-state index < -0.39 is 10.0 Å². The highest BCUT2D eigenvalue weighted by atomic mass is 32.2. The number of carbonyl (C=O) groups excluding carboxylic acids is 1. The number of anilines is 1. The predicted octanol–water partition coefficient (Wildman–Crippen LogP) is 4.43. The van der Waals surface area contributed by atoms with Crippen LogP contribution in [0.5, 0.6) is 0 Å². The summed E-state index contributed by atoms with van der Waals surface area (Å²) in [6.45, 7) is 9.31. The maximum absolute atomic E-state index is 12.8. The summed E-state index contributed by atoms with van der Waals surface area (Å²) in [7, 11) is -3.32. The summed E-state index contributed by atoms with van der Waals surface area (Å²) in [5.74, 6) is 0.704. The van der Waals surface area contributed by atoms with Crippen LogP contribution in [-0.2, 0) is 16.6 Å². The van der Waals surface area contributed by atoms with Crippen LogP contribution in [0, 0.1) is 12.8 Å². The quantitative estimate of drug-likeness (QED) is 0.748. The van der Waals surface area contributed by atoms with E-state index in [1.807, 2.05) is 36.1 Å². The molecule has 5 nitrogen and oxygen atoms in total. The average molecular weight is 401 g/mol. The van der Waals surface area contributed by atoms with Crippen LogP contribution in [0.25, 0.3) is 11.1 Å². The molecule has 2 aromatic carbocycles. The van der Waals surface area contributed by atoms with Gasteiger partial charge in [-0.15, -0.1) is 0 Å².